The second kappa shape index (κ2) is 15.5. The van der Waals surface area contributed by atoms with Crippen LogP contribution in [0.25, 0.3) is 0 Å². The van der Waals surface area contributed by atoms with E-state index in [0.29, 0.717) is 0 Å². The van der Waals surface area contributed by atoms with E-state index in [9.17, 15) is 39.0 Å². The van der Waals surface area contributed by atoms with Crippen LogP contribution in [0.3, 0.4) is 0 Å². The molecular weight excluding hydrogens is 913 g/mol. The minimum atomic E-state index is -2.01. The quantitative estimate of drug-likeness (QED) is 0.285. The Morgan fingerprint density at radius 3 is 1.30 bits per heavy atom. The van der Waals surface area contributed by atoms with Gasteiger partial charge in [-0.1, -0.05) is 41.5 Å². The zero-order chi connectivity index (χ0) is 51.8. The molecule has 2 N–H and O–H groups in total. The van der Waals surface area contributed by atoms with Crippen molar-refractivity contribution in [2.45, 2.75) is 183 Å². The van der Waals surface area contributed by atoms with Gasteiger partial charge in [0, 0.05) is 111 Å². The molecule has 9 rings (SSSR count). The van der Waals surface area contributed by atoms with Gasteiger partial charge in [-0.25, -0.2) is 0 Å². The van der Waals surface area contributed by atoms with Crippen molar-refractivity contribution in [3.05, 3.63) is 0 Å². The third kappa shape index (κ3) is 5.86. The molecule has 0 unspecified atom stereocenters. The lowest BCUT2D eigenvalue weighted by Gasteiger charge is -2.67. The summed E-state index contributed by atoms with van der Waals surface area (Å²) in [6, 6.07) is 0. The Morgan fingerprint density at radius 1 is 0.471 bits per heavy atom. The summed E-state index contributed by atoms with van der Waals surface area (Å²) in [4.78, 5) is 144. The van der Waals surface area contributed by atoms with E-state index in [0.717, 1.165) is 6.92 Å². The second-order valence-electron chi connectivity index (χ2n) is 24.4. The van der Waals surface area contributed by atoms with Crippen LogP contribution in [0.5, 0.6) is 0 Å². The molecule has 70 heavy (non-hydrogen) atoms. The zero-order valence-corrected chi connectivity index (χ0v) is 42.2. The van der Waals surface area contributed by atoms with Crippen molar-refractivity contribution in [1.82, 2.24) is 0 Å². The summed E-state index contributed by atoms with van der Waals surface area (Å²) in [6.07, 6.45) is -11.1. The lowest BCUT2D eigenvalue weighted by molar-refractivity contribution is -0.265. The third-order valence-corrected chi connectivity index (χ3v) is 20.7. The predicted molar refractivity (Wildman–Crippen MR) is 237 cm³/mol. The Balaban J connectivity index is 1.27. The van der Waals surface area contributed by atoms with Gasteiger partial charge in [-0.05, 0) is 50.4 Å². The largest absolute Gasteiger partial charge is 0.462 e. The number of rotatable bonds is 6. The minimum Gasteiger partial charge on any atom is -0.462 e. The molecule has 9 aliphatic rings. The fourth-order valence-electron chi connectivity index (χ4n) is 19.2. The second-order valence-corrected chi connectivity index (χ2v) is 24.4. The standard InChI is InChI=1S/C52H68O18/c1-21(53)65-29-15-27-19-49(37(29)47(11)33(68-24(4)56)17-31(59)45(7,8)39(47)35(60)41(49)62)43(63)51(27)13-14-52(51)28-16-30(66-22(2)54)38-48(12)34(69-25(5)57)18-32(67-23(3)55)46(9,10)40(48)36(61)42(70-26(6)58)50(38,20-28)44(52)64/h27-34,37-42,59,62H,13-20H2,1-12H3/t27-,28-,29+,30+,31+,32+,33+,34+,37+,38+,39-,40-,41+,42+,47+,48+,49-,50-,51-,52+/m1/s1. The van der Waals surface area contributed by atoms with Crippen molar-refractivity contribution >= 4 is 58.9 Å². The minimum absolute atomic E-state index is 0.00533. The molecule has 0 aromatic carbocycles. The number of aliphatic hydroxyl groups excluding tert-OH is 2. The highest BCUT2D eigenvalue weighted by atomic mass is 16.6. The molecule has 18 nitrogen and oxygen atoms in total. The molecule has 20 atom stereocenters. The van der Waals surface area contributed by atoms with Crippen molar-refractivity contribution in [2.75, 3.05) is 0 Å². The Labute approximate surface area is 406 Å². The normalized spacial score (nSPS) is 48.7. The number of carbonyl (C=O) groups is 10. The molecule has 0 aliphatic heterocycles. The summed E-state index contributed by atoms with van der Waals surface area (Å²) >= 11 is 0. The molecule has 9 fully saturated rings. The van der Waals surface area contributed by atoms with Gasteiger partial charge in [-0.2, -0.15) is 0 Å². The van der Waals surface area contributed by atoms with E-state index < -0.39 is 187 Å². The molecule has 4 bridgehead atoms. The van der Waals surface area contributed by atoms with Crippen LogP contribution in [0.2, 0.25) is 0 Å². The number of fused-ring (bicyclic) bond motifs is 9. The van der Waals surface area contributed by atoms with Gasteiger partial charge in [0.05, 0.1) is 16.9 Å². The molecule has 4 spiro atoms. The number of aliphatic hydroxyl groups is 2. The Bertz CT molecular complexity index is 2420. The number of hydrogen-bond donors (Lipinski definition) is 2. The average molecular weight is 981 g/mol. The van der Waals surface area contributed by atoms with Crippen molar-refractivity contribution in [3.8, 4) is 0 Å². The molecule has 0 amide bonds. The summed E-state index contributed by atoms with van der Waals surface area (Å²) in [5, 5.41) is 24.4. The van der Waals surface area contributed by atoms with Gasteiger partial charge in [0.1, 0.15) is 42.4 Å². The van der Waals surface area contributed by atoms with E-state index in [1.54, 1.807) is 41.5 Å². The predicted octanol–water partition coefficient (Wildman–Crippen LogP) is 3.53. The molecule has 0 radical (unpaired) electrons. The van der Waals surface area contributed by atoms with E-state index in [1.807, 2.05) is 0 Å². The molecule has 18 heteroatoms. The highest BCUT2D eigenvalue weighted by molar-refractivity contribution is 6.11. The number of hydrogen-bond acceptors (Lipinski definition) is 18. The van der Waals surface area contributed by atoms with E-state index in [2.05, 4.69) is 0 Å². The van der Waals surface area contributed by atoms with E-state index in [4.69, 9.17) is 28.4 Å². The van der Waals surface area contributed by atoms with Crippen LogP contribution in [0.15, 0.2) is 0 Å². The molecule has 0 saturated heterocycles. The Hall–Kier alpha value is -4.58. The zero-order valence-electron chi connectivity index (χ0n) is 42.2. The number of ether oxygens (including phenoxy) is 6. The van der Waals surface area contributed by atoms with E-state index >= 15 is 19.2 Å². The summed E-state index contributed by atoms with van der Waals surface area (Å²) in [6.45, 7) is 17.3. The van der Waals surface area contributed by atoms with Crippen LogP contribution in [-0.4, -0.2) is 118 Å². The maximum absolute atomic E-state index is 17.0. The Kier molecular flexibility index (Phi) is 11.1. The smallest absolute Gasteiger partial charge is 0.303 e. The number of esters is 6. The molecule has 9 saturated carbocycles. The molecular formula is C52H68O18. The van der Waals surface area contributed by atoms with Crippen molar-refractivity contribution < 1.29 is 86.6 Å². The molecule has 9 aliphatic carbocycles. The highest BCUT2D eigenvalue weighted by Crippen LogP contribution is 2.85. The molecule has 0 aromatic rings. The molecule has 0 heterocycles. The average Bonchev–Trinajstić information content (AvgIpc) is 3.54. The molecule has 384 valence electrons. The monoisotopic (exact) mass is 980 g/mol. The lowest BCUT2D eigenvalue weighted by Crippen LogP contribution is -2.76. The summed E-state index contributed by atoms with van der Waals surface area (Å²) in [7, 11) is 0. The summed E-state index contributed by atoms with van der Waals surface area (Å²) in [5.74, 6) is -13.5. The summed E-state index contributed by atoms with van der Waals surface area (Å²) < 4.78 is 36.6. The first-order valence-electron chi connectivity index (χ1n) is 24.9. The van der Waals surface area contributed by atoms with Crippen LogP contribution in [0.4, 0.5) is 0 Å². The van der Waals surface area contributed by atoms with Crippen LogP contribution in [0, 0.1) is 78.8 Å². The van der Waals surface area contributed by atoms with Crippen molar-refractivity contribution in [1.29, 1.82) is 0 Å². The maximum atomic E-state index is 17.0. The van der Waals surface area contributed by atoms with Crippen molar-refractivity contribution in [3.63, 3.8) is 0 Å². The van der Waals surface area contributed by atoms with Gasteiger partial charge >= 0.3 is 35.8 Å². The number of ketones is 4. The van der Waals surface area contributed by atoms with Gasteiger partial charge in [-0.15, -0.1) is 0 Å². The van der Waals surface area contributed by atoms with Crippen LogP contribution in [-0.2, 0) is 76.4 Å². The van der Waals surface area contributed by atoms with Gasteiger partial charge in [0.2, 0.25) is 0 Å². The number of carbonyl (C=O) groups excluding carboxylic acids is 10. The van der Waals surface area contributed by atoms with Crippen LogP contribution in [0.1, 0.15) is 134 Å². The van der Waals surface area contributed by atoms with Gasteiger partial charge in [-0.3, -0.25) is 47.9 Å². The fraction of sp³-hybridized carbons (Fsp3) is 0.808. The lowest BCUT2D eigenvalue weighted by atomic mass is 9.37. The highest BCUT2D eigenvalue weighted by Gasteiger charge is 2.92. The van der Waals surface area contributed by atoms with Gasteiger partial charge < -0.3 is 38.6 Å². The van der Waals surface area contributed by atoms with Gasteiger partial charge in [0.25, 0.3) is 0 Å². The SMILES string of the molecule is CC(=O)O[C@H]1C[C@@H]2C[C@@]3(C(=O)[C@]24CC[C@@]42C(=O)[C@]45C[C@H]2C[C@H](OC(C)=O)[C@H]4[C@]2(C)[C@@H](OC(C)=O)C[C@H](O)C(C)(C)[C@H]2C(=O)[C@@H]5O)[C@@H]1[C@]1(C)[C@@H](OC(C)=O)C[C@H](OC(C)=O)C(C)(C)[C@H]1C(=O)[C@@H]3OC(C)=O. The fourth-order valence-corrected chi connectivity index (χ4v) is 19.2. The van der Waals surface area contributed by atoms with E-state index in [-0.39, 0.29) is 51.4 Å². The summed E-state index contributed by atoms with van der Waals surface area (Å²) in [5.41, 5.74) is -12.9. The van der Waals surface area contributed by atoms with Crippen LogP contribution >= 0.6 is 0 Å². The maximum Gasteiger partial charge on any atom is 0.303 e. The number of Topliss-reactive ketones (excluding diaryl/α,β-unsaturated/α-hetero) is 4. The molecule has 0 aromatic heterocycles. The topological polar surface area (TPSA) is 267 Å². The first kappa shape index (κ1) is 50.4. The first-order valence-corrected chi connectivity index (χ1v) is 24.9. The Morgan fingerprint density at radius 2 is 0.857 bits per heavy atom. The van der Waals surface area contributed by atoms with Crippen LogP contribution < -0.4 is 0 Å². The van der Waals surface area contributed by atoms with Gasteiger partial charge in [0.15, 0.2) is 23.5 Å². The van der Waals surface area contributed by atoms with Crippen molar-refractivity contribution in [2.24, 2.45) is 78.8 Å². The first-order chi connectivity index (χ1) is 32.3. The third-order valence-electron chi connectivity index (χ3n) is 20.7. The van der Waals surface area contributed by atoms with E-state index in [1.165, 1.54) is 34.6 Å².